The van der Waals surface area contributed by atoms with E-state index in [-0.39, 0.29) is 31.1 Å². The van der Waals surface area contributed by atoms with Crippen molar-refractivity contribution in [2.45, 2.75) is 33.4 Å². The molecule has 1 aromatic heterocycles. The lowest BCUT2D eigenvalue weighted by Crippen LogP contribution is -2.30. The van der Waals surface area contributed by atoms with Gasteiger partial charge >= 0.3 is 0 Å². The van der Waals surface area contributed by atoms with Gasteiger partial charge in [-0.25, -0.2) is 4.68 Å². The summed E-state index contributed by atoms with van der Waals surface area (Å²) >= 11 is 0. The van der Waals surface area contributed by atoms with Gasteiger partial charge in [0, 0.05) is 25.3 Å². The summed E-state index contributed by atoms with van der Waals surface area (Å²) in [6.07, 6.45) is 2.06. The van der Waals surface area contributed by atoms with Gasteiger partial charge in [-0.05, 0) is 17.9 Å². The third-order valence-electron chi connectivity index (χ3n) is 2.36. The number of nitrogens with two attached hydrogens (primary N) is 1. The molecule has 3 N–H and O–H groups in total. The highest BCUT2D eigenvalue weighted by molar-refractivity contribution is 5.85. The molecule has 1 rings (SSSR count). The third kappa shape index (κ3) is 4.11. The first kappa shape index (κ1) is 16.1. The highest BCUT2D eigenvalue weighted by atomic mass is 35.5. The molecule has 0 saturated carbocycles. The predicted molar refractivity (Wildman–Crippen MR) is 69.3 cm³/mol. The van der Waals surface area contributed by atoms with Crippen molar-refractivity contribution in [3.8, 4) is 0 Å². The van der Waals surface area contributed by atoms with Gasteiger partial charge in [-0.15, -0.1) is 12.4 Å². The Kier molecular flexibility index (Phi) is 7.03. The molecular formula is C11H20ClN3O2. The van der Waals surface area contributed by atoms with Crippen LogP contribution in [0.25, 0.3) is 0 Å². The van der Waals surface area contributed by atoms with Gasteiger partial charge in [0.15, 0.2) is 0 Å². The molecule has 1 aromatic rings. The molecule has 0 unspecified atom stereocenters. The number of nitrogens with zero attached hydrogens (tertiary/aromatic N) is 2. The summed E-state index contributed by atoms with van der Waals surface area (Å²) in [5, 5.41) is 13.0. The van der Waals surface area contributed by atoms with Gasteiger partial charge in [-0.3, -0.25) is 4.79 Å². The van der Waals surface area contributed by atoms with Gasteiger partial charge in [-0.1, -0.05) is 13.8 Å². The van der Waals surface area contributed by atoms with Crippen LogP contribution < -0.4 is 11.3 Å². The van der Waals surface area contributed by atoms with Crippen LogP contribution in [0.1, 0.15) is 25.0 Å². The topological polar surface area (TPSA) is 81.1 Å². The largest absolute Gasteiger partial charge is 0.396 e. The van der Waals surface area contributed by atoms with Gasteiger partial charge < -0.3 is 10.8 Å². The van der Waals surface area contributed by atoms with E-state index in [2.05, 4.69) is 5.10 Å². The first-order chi connectivity index (χ1) is 7.60. The van der Waals surface area contributed by atoms with E-state index in [1.807, 2.05) is 13.8 Å². The summed E-state index contributed by atoms with van der Waals surface area (Å²) in [4.78, 5) is 12.0. The average molecular weight is 262 g/mol. The van der Waals surface area contributed by atoms with Crippen LogP contribution in [0.15, 0.2) is 11.0 Å². The first-order valence-electron chi connectivity index (χ1n) is 5.49. The van der Waals surface area contributed by atoms with Crippen molar-refractivity contribution >= 4 is 12.4 Å². The fourth-order valence-electron chi connectivity index (χ4n) is 1.59. The molecule has 98 valence electrons. The molecule has 0 radical (unpaired) electrons. The summed E-state index contributed by atoms with van der Waals surface area (Å²) in [5.74, 6) is 0.361. The number of rotatable bonds is 5. The van der Waals surface area contributed by atoms with E-state index in [0.29, 0.717) is 24.4 Å². The highest BCUT2D eigenvalue weighted by Crippen LogP contribution is 2.03. The number of halogens is 1. The van der Waals surface area contributed by atoms with Crippen LogP contribution >= 0.6 is 12.4 Å². The third-order valence-corrected chi connectivity index (χ3v) is 2.36. The van der Waals surface area contributed by atoms with E-state index in [1.54, 1.807) is 6.20 Å². The molecule has 0 fully saturated rings. The fraction of sp³-hybridized carbons (Fsp3) is 0.636. The summed E-state index contributed by atoms with van der Waals surface area (Å²) in [6, 6.07) is 0. The smallest absolute Gasteiger partial charge is 0.271 e. The van der Waals surface area contributed by atoms with Crippen molar-refractivity contribution in [2.24, 2.45) is 11.7 Å². The molecule has 6 heteroatoms. The average Bonchev–Trinajstić information content (AvgIpc) is 2.22. The standard InChI is InChI=1S/C11H19N3O2.ClH/c1-8(2)7-14-11(16)10(5-12)9(3-4-15)6-13-14;/h6,8,15H,3-5,7,12H2,1-2H3;1H. The highest BCUT2D eigenvalue weighted by Gasteiger charge is 2.10. The predicted octanol–water partition coefficient (Wildman–Crippen LogP) is 0.315. The van der Waals surface area contributed by atoms with Crippen molar-refractivity contribution in [1.29, 1.82) is 0 Å². The van der Waals surface area contributed by atoms with E-state index >= 15 is 0 Å². The lowest BCUT2D eigenvalue weighted by molar-refractivity contribution is 0.298. The molecule has 0 atom stereocenters. The maximum Gasteiger partial charge on any atom is 0.271 e. The molecule has 17 heavy (non-hydrogen) atoms. The Balaban J connectivity index is 0.00000256. The lowest BCUT2D eigenvalue weighted by atomic mass is 10.1. The Morgan fingerprint density at radius 2 is 2.18 bits per heavy atom. The van der Waals surface area contributed by atoms with Crippen molar-refractivity contribution in [3.05, 3.63) is 27.7 Å². The molecule has 0 aliphatic heterocycles. The molecule has 0 amide bonds. The zero-order valence-electron chi connectivity index (χ0n) is 10.2. The van der Waals surface area contributed by atoms with Crippen molar-refractivity contribution in [1.82, 2.24) is 9.78 Å². The van der Waals surface area contributed by atoms with Crippen molar-refractivity contribution < 1.29 is 5.11 Å². The number of hydrogen-bond acceptors (Lipinski definition) is 4. The van der Waals surface area contributed by atoms with Crippen LogP contribution in [-0.4, -0.2) is 21.5 Å². The second-order valence-electron chi connectivity index (χ2n) is 4.21. The molecule has 0 bridgehead atoms. The summed E-state index contributed by atoms with van der Waals surface area (Å²) < 4.78 is 1.44. The number of aliphatic hydroxyl groups is 1. The minimum absolute atomic E-state index is 0. The number of aliphatic hydroxyl groups excluding tert-OH is 1. The molecule has 5 nitrogen and oxygen atoms in total. The van der Waals surface area contributed by atoms with E-state index in [0.717, 1.165) is 5.56 Å². The van der Waals surface area contributed by atoms with Crippen molar-refractivity contribution in [2.75, 3.05) is 6.61 Å². The fourth-order valence-corrected chi connectivity index (χ4v) is 1.59. The maximum atomic E-state index is 12.0. The summed E-state index contributed by atoms with van der Waals surface area (Å²) in [5.41, 5.74) is 6.73. The van der Waals surface area contributed by atoms with Gasteiger partial charge in [-0.2, -0.15) is 5.10 Å². The Morgan fingerprint density at radius 1 is 1.53 bits per heavy atom. The van der Waals surface area contributed by atoms with E-state index in [1.165, 1.54) is 4.68 Å². The second-order valence-corrected chi connectivity index (χ2v) is 4.21. The number of aromatic nitrogens is 2. The molecular weight excluding hydrogens is 242 g/mol. The monoisotopic (exact) mass is 261 g/mol. The van der Waals surface area contributed by atoms with Gasteiger partial charge in [0.05, 0.1) is 6.20 Å². The van der Waals surface area contributed by atoms with E-state index in [9.17, 15) is 4.79 Å². The second kappa shape index (κ2) is 7.42. The van der Waals surface area contributed by atoms with Crippen molar-refractivity contribution in [3.63, 3.8) is 0 Å². The Bertz CT molecular complexity index is 404. The lowest BCUT2D eigenvalue weighted by Gasteiger charge is -2.11. The zero-order chi connectivity index (χ0) is 12.1. The normalized spacial score (nSPS) is 10.4. The van der Waals surface area contributed by atoms with Crippen LogP contribution in [-0.2, 0) is 19.5 Å². The van der Waals surface area contributed by atoms with Gasteiger partial charge in [0.2, 0.25) is 0 Å². The summed E-state index contributed by atoms with van der Waals surface area (Å²) in [6.45, 7) is 4.83. The van der Waals surface area contributed by atoms with Crippen LogP contribution in [0.3, 0.4) is 0 Å². The number of hydrogen-bond donors (Lipinski definition) is 2. The van der Waals surface area contributed by atoms with E-state index < -0.39 is 0 Å². The van der Waals surface area contributed by atoms with Crippen LogP contribution in [0, 0.1) is 5.92 Å². The Labute approximate surface area is 107 Å². The van der Waals surface area contributed by atoms with Crippen LogP contribution in [0.2, 0.25) is 0 Å². The quantitative estimate of drug-likeness (QED) is 0.800. The maximum absolute atomic E-state index is 12.0. The molecule has 0 saturated heterocycles. The zero-order valence-corrected chi connectivity index (χ0v) is 11.0. The minimum atomic E-state index is -0.137. The molecule has 1 heterocycles. The first-order valence-corrected chi connectivity index (χ1v) is 5.49. The van der Waals surface area contributed by atoms with Crippen LogP contribution in [0.4, 0.5) is 0 Å². The van der Waals surface area contributed by atoms with Crippen LogP contribution in [0.5, 0.6) is 0 Å². The Hall–Kier alpha value is -0.910. The molecule has 0 aromatic carbocycles. The summed E-state index contributed by atoms with van der Waals surface area (Å²) in [7, 11) is 0. The minimum Gasteiger partial charge on any atom is -0.396 e. The molecule has 0 spiro atoms. The van der Waals surface area contributed by atoms with E-state index in [4.69, 9.17) is 10.8 Å². The molecule has 0 aliphatic carbocycles. The molecule has 0 aliphatic rings. The van der Waals surface area contributed by atoms with Gasteiger partial charge in [0.1, 0.15) is 0 Å². The SMILES string of the molecule is CC(C)Cn1ncc(CCO)c(CN)c1=O.Cl. The Morgan fingerprint density at radius 3 is 2.65 bits per heavy atom. The van der Waals surface area contributed by atoms with Gasteiger partial charge in [0.25, 0.3) is 5.56 Å².